The normalized spacial score (nSPS) is 12.2. The Labute approximate surface area is 101 Å². The van der Waals surface area contributed by atoms with Gasteiger partial charge in [0.15, 0.2) is 0 Å². The molecule has 0 aliphatic rings. The molecule has 1 amide bonds. The smallest absolute Gasteiger partial charge is 0.222 e. The number of amides is 1. The van der Waals surface area contributed by atoms with E-state index in [-0.39, 0.29) is 18.4 Å². The van der Waals surface area contributed by atoms with Crippen LogP contribution in [0.1, 0.15) is 17.7 Å². The molecule has 0 bridgehead atoms. The van der Waals surface area contributed by atoms with E-state index in [1.165, 1.54) is 0 Å². The zero-order valence-electron chi connectivity index (χ0n) is 10.3. The van der Waals surface area contributed by atoms with Gasteiger partial charge in [-0.15, -0.1) is 0 Å². The summed E-state index contributed by atoms with van der Waals surface area (Å²) in [4.78, 5) is 15.8. The van der Waals surface area contributed by atoms with E-state index < -0.39 is 0 Å². The van der Waals surface area contributed by atoms with Crippen molar-refractivity contribution in [2.45, 2.75) is 26.0 Å². The highest BCUT2D eigenvalue weighted by molar-refractivity contribution is 5.76. The van der Waals surface area contributed by atoms with Gasteiger partial charge in [0, 0.05) is 19.9 Å². The van der Waals surface area contributed by atoms with Crippen molar-refractivity contribution in [1.82, 2.24) is 10.3 Å². The molecule has 0 aliphatic heterocycles. The quantitative estimate of drug-likeness (QED) is 0.749. The van der Waals surface area contributed by atoms with Gasteiger partial charge < -0.3 is 15.8 Å². The molecule has 0 saturated carbocycles. The van der Waals surface area contributed by atoms with Crippen molar-refractivity contribution in [3.63, 3.8) is 0 Å². The lowest BCUT2D eigenvalue weighted by molar-refractivity contribution is -0.123. The fraction of sp³-hybridized carbons (Fsp3) is 0.500. The molecular weight excluding hydrogens is 218 g/mol. The predicted octanol–water partition coefficient (Wildman–Crippen LogP) is 0.370. The Morgan fingerprint density at radius 2 is 2.41 bits per heavy atom. The number of rotatable bonds is 6. The lowest BCUT2D eigenvalue weighted by Crippen LogP contribution is -2.32. The van der Waals surface area contributed by atoms with Crippen LogP contribution in [0.4, 0.5) is 0 Å². The Hall–Kier alpha value is -1.46. The van der Waals surface area contributed by atoms with Crippen molar-refractivity contribution in [3.05, 3.63) is 29.6 Å². The standard InChI is InChI=1S/C12H19N3O2/c1-9-4-3-5-14-11(9)8-15-12(16)6-10(7-13)17-2/h3-5,10H,6-8,13H2,1-2H3,(H,15,16). The van der Waals surface area contributed by atoms with Gasteiger partial charge in [-0.3, -0.25) is 9.78 Å². The summed E-state index contributed by atoms with van der Waals surface area (Å²) in [6.45, 7) is 2.74. The van der Waals surface area contributed by atoms with E-state index in [2.05, 4.69) is 10.3 Å². The molecule has 0 spiro atoms. The number of hydrogen-bond donors (Lipinski definition) is 2. The lowest BCUT2D eigenvalue weighted by Gasteiger charge is -2.12. The highest BCUT2D eigenvalue weighted by atomic mass is 16.5. The number of pyridine rings is 1. The summed E-state index contributed by atoms with van der Waals surface area (Å²) in [5, 5.41) is 2.80. The Kier molecular flexibility index (Phi) is 5.59. The van der Waals surface area contributed by atoms with E-state index in [1.807, 2.05) is 19.1 Å². The van der Waals surface area contributed by atoms with Crippen molar-refractivity contribution >= 4 is 5.91 Å². The van der Waals surface area contributed by atoms with Crippen molar-refractivity contribution in [3.8, 4) is 0 Å². The van der Waals surface area contributed by atoms with Gasteiger partial charge in [0.2, 0.25) is 5.91 Å². The lowest BCUT2D eigenvalue weighted by atomic mass is 10.2. The second-order valence-corrected chi connectivity index (χ2v) is 3.84. The highest BCUT2D eigenvalue weighted by Crippen LogP contribution is 2.02. The molecule has 1 rings (SSSR count). The minimum absolute atomic E-state index is 0.0765. The molecule has 17 heavy (non-hydrogen) atoms. The molecule has 0 radical (unpaired) electrons. The van der Waals surface area contributed by atoms with Gasteiger partial charge in [-0.05, 0) is 18.6 Å². The molecule has 1 aromatic rings. The second-order valence-electron chi connectivity index (χ2n) is 3.84. The minimum atomic E-state index is -0.222. The molecule has 0 saturated heterocycles. The Morgan fingerprint density at radius 3 is 3.00 bits per heavy atom. The first-order valence-corrected chi connectivity index (χ1v) is 5.57. The zero-order chi connectivity index (χ0) is 12.7. The maximum absolute atomic E-state index is 11.6. The number of nitrogens with one attached hydrogen (secondary N) is 1. The molecule has 94 valence electrons. The van der Waals surface area contributed by atoms with Crippen LogP contribution < -0.4 is 11.1 Å². The van der Waals surface area contributed by atoms with Crippen LogP contribution in [-0.4, -0.2) is 30.6 Å². The summed E-state index contributed by atoms with van der Waals surface area (Å²) in [6, 6.07) is 3.84. The molecule has 0 fully saturated rings. The van der Waals surface area contributed by atoms with E-state index >= 15 is 0 Å². The molecule has 3 N–H and O–H groups in total. The molecular formula is C12H19N3O2. The van der Waals surface area contributed by atoms with E-state index in [0.717, 1.165) is 11.3 Å². The molecule has 1 aromatic heterocycles. The summed E-state index contributed by atoms with van der Waals surface area (Å²) >= 11 is 0. The molecule has 0 aromatic carbocycles. The predicted molar refractivity (Wildman–Crippen MR) is 65.3 cm³/mol. The van der Waals surface area contributed by atoms with Gasteiger partial charge in [-0.25, -0.2) is 0 Å². The van der Waals surface area contributed by atoms with Crippen LogP contribution in [0.2, 0.25) is 0 Å². The number of carbonyl (C=O) groups excluding carboxylic acids is 1. The first-order chi connectivity index (χ1) is 8.17. The number of nitrogens with zero attached hydrogens (tertiary/aromatic N) is 1. The van der Waals surface area contributed by atoms with Crippen LogP contribution in [0.15, 0.2) is 18.3 Å². The second kappa shape index (κ2) is 6.98. The molecule has 1 unspecified atom stereocenters. The maximum atomic E-state index is 11.6. The summed E-state index contributed by atoms with van der Waals surface area (Å²) in [7, 11) is 1.55. The highest BCUT2D eigenvalue weighted by Gasteiger charge is 2.11. The summed E-state index contributed by atoms with van der Waals surface area (Å²) in [5.74, 6) is -0.0765. The third kappa shape index (κ3) is 4.50. The third-order valence-corrected chi connectivity index (χ3v) is 2.58. The Bertz CT molecular complexity index is 365. The number of methoxy groups -OCH3 is 1. The van der Waals surface area contributed by atoms with Gasteiger partial charge in [-0.1, -0.05) is 6.07 Å². The van der Waals surface area contributed by atoms with Gasteiger partial charge in [0.1, 0.15) is 0 Å². The topological polar surface area (TPSA) is 77.2 Å². The number of carbonyl (C=O) groups is 1. The zero-order valence-corrected chi connectivity index (χ0v) is 10.3. The summed E-state index contributed by atoms with van der Waals surface area (Å²) in [6.07, 6.45) is 1.77. The van der Waals surface area contributed by atoms with E-state index in [4.69, 9.17) is 10.5 Å². The average Bonchev–Trinajstić information content (AvgIpc) is 2.35. The number of hydrogen-bond acceptors (Lipinski definition) is 4. The van der Waals surface area contributed by atoms with Crippen molar-refractivity contribution in [2.75, 3.05) is 13.7 Å². The van der Waals surface area contributed by atoms with E-state index in [0.29, 0.717) is 13.1 Å². The monoisotopic (exact) mass is 237 g/mol. The molecule has 5 nitrogen and oxygen atoms in total. The van der Waals surface area contributed by atoms with Crippen LogP contribution in [0, 0.1) is 6.92 Å². The molecule has 1 atom stereocenters. The minimum Gasteiger partial charge on any atom is -0.380 e. The third-order valence-electron chi connectivity index (χ3n) is 2.58. The fourth-order valence-corrected chi connectivity index (χ4v) is 1.43. The fourth-order valence-electron chi connectivity index (χ4n) is 1.43. The molecule has 0 aliphatic carbocycles. The largest absolute Gasteiger partial charge is 0.380 e. The molecule has 1 heterocycles. The van der Waals surface area contributed by atoms with E-state index in [1.54, 1.807) is 13.3 Å². The van der Waals surface area contributed by atoms with Gasteiger partial charge >= 0.3 is 0 Å². The Balaban J connectivity index is 2.41. The summed E-state index contributed by atoms with van der Waals surface area (Å²) < 4.78 is 5.04. The number of aromatic nitrogens is 1. The van der Waals surface area contributed by atoms with Crippen molar-refractivity contribution in [2.24, 2.45) is 5.73 Å². The number of ether oxygens (including phenoxy) is 1. The van der Waals surface area contributed by atoms with E-state index in [9.17, 15) is 4.79 Å². The van der Waals surface area contributed by atoms with Crippen LogP contribution in [0.25, 0.3) is 0 Å². The van der Waals surface area contributed by atoms with Crippen molar-refractivity contribution < 1.29 is 9.53 Å². The first kappa shape index (κ1) is 13.6. The maximum Gasteiger partial charge on any atom is 0.222 e. The molecule has 5 heteroatoms. The van der Waals surface area contributed by atoms with Gasteiger partial charge in [-0.2, -0.15) is 0 Å². The SMILES string of the molecule is COC(CN)CC(=O)NCc1ncccc1C. The van der Waals surface area contributed by atoms with Crippen LogP contribution in [-0.2, 0) is 16.1 Å². The average molecular weight is 237 g/mol. The Morgan fingerprint density at radius 1 is 1.65 bits per heavy atom. The van der Waals surface area contributed by atoms with Crippen molar-refractivity contribution in [1.29, 1.82) is 0 Å². The van der Waals surface area contributed by atoms with Gasteiger partial charge in [0.25, 0.3) is 0 Å². The van der Waals surface area contributed by atoms with Crippen LogP contribution in [0.3, 0.4) is 0 Å². The van der Waals surface area contributed by atoms with Gasteiger partial charge in [0.05, 0.1) is 24.8 Å². The number of aryl methyl sites for hydroxylation is 1. The van der Waals surface area contributed by atoms with Crippen LogP contribution in [0.5, 0.6) is 0 Å². The first-order valence-electron chi connectivity index (χ1n) is 5.57. The summed E-state index contributed by atoms with van der Waals surface area (Å²) in [5.41, 5.74) is 7.39. The van der Waals surface area contributed by atoms with Crippen LogP contribution >= 0.6 is 0 Å². The number of nitrogens with two attached hydrogens (primary N) is 1.